The van der Waals surface area contributed by atoms with Crippen molar-refractivity contribution in [2.75, 3.05) is 0 Å². The SMILES string of the molecule is C[C@@H](O)[C@H](N)c1nc(-c2ncccc2Cl)no1. The normalized spacial score (nSPS) is 14.6. The summed E-state index contributed by atoms with van der Waals surface area (Å²) in [6.07, 6.45) is 0.800. The monoisotopic (exact) mass is 254 g/mol. The smallest absolute Gasteiger partial charge is 0.246 e. The van der Waals surface area contributed by atoms with Crippen molar-refractivity contribution in [1.82, 2.24) is 15.1 Å². The van der Waals surface area contributed by atoms with Crippen molar-refractivity contribution in [2.45, 2.75) is 19.1 Å². The Hall–Kier alpha value is -1.50. The maximum absolute atomic E-state index is 9.31. The van der Waals surface area contributed by atoms with Crippen LogP contribution < -0.4 is 5.73 Å². The molecule has 0 aliphatic rings. The van der Waals surface area contributed by atoms with Crippen molar-refractivity contribution < 1.29 is 9.63 Å². The van der Waals surface area contributed by atoms with Gasteiger partial charge in [-0.2, -0.15) is 4.98 Å². The van der Waals surface area contributed by atoms with Crippen molar-refractivity contribution in [2.24, 2.45) is 5.73 Å². The molecule has 7 heteroatoms. The summed E-state index contributed by atoms with van der Waals surface area (Å²) in [4.78, 5) is 8.10. The number of hydrogen-bond acceptors (Lipinski definition) is 6. The highest BCUT2D eigenvalue weighted by Crippen LogP contribution is 2.23. The van der Waals surface area contributed by atoms with Crippen LogP contribution >= 0.6 is 11.6 Å². The zero-order valence-electron chi connectivity index (χ0n) is 9.04. The van der Waals surface area contributed by atoms with E-state index in [1.54, 1.807) is 25.3 Å². The van der Waals surface area contributed by atoms with Crippen molar-refractivity contribution >= 4 is 11.6 Å². The molecule has 0 aliphatic carbocycles. The standard InChI is InChI=1S/C10H11ClN4O2/c1-5(16)7(12)10-14-9(15-17-10)8-6(11)3-2-4-13-8/h2-5,7,16H,12H2,1H3/t5-,7+/m1/s1. The molecule has 0 aromatic carbocycles. The molecule has 0 fully saturated rings. The fourth-order valence-corrected chi connectivity index (χ4v) is 1.43. The van der Waals surface area contributed by atoms with E-state index >= 15 is 0 Å². The number of nitrogens with two attached hydrogens (primary N) is 1. The van der Waals surface area contributed by atoms with E-state index in [2.05, 4.69) is 15.1 Å². The van der Waals surface area contributed by atoms with Crippen molar-refractivity contribution in [3.63, 3.8) is 0 Å². The second-order valence-electron chi connectivity index (χ2n) is 3.56. The summed E-state index contributed by atoms with van der Waals surface area (Å²) in [5, 5.41) is 13.5. The first-order chi connectivity index (χ1) is 8.09. The molecule has 2 atom stereocenters. The Kier molecular flexibility index (Phi) is 3.37. The number of hydrogen-bond donors (Lipinski definition) is 2. The van der Waals surface area contributed by atoms with Crippen molar-refractivity contribution in [3.8, 4) is 11.5 Å². The van der Waals surface area contributed by atoms with Gasteiger partial charge >= 0.3 is 0 Å². The van der Waals surface area contributed by atoms with Crippen LogP contribution in [-0.2, 0) is 0 Å². The highest BCUT2D eigenvalue weighted by molar-refractivity contribution is 6.32. The molecule has 0 spiro atoms. The van der Waals surface area contributed by atoms with Gasteiger partial charge < -0.3 is 15.4 Å². The van der Waals surface area contributed by atoms with E-state index in [0.717, 1.165) is 0 Å². The minimum absolute atomic E-state index is 0.150. The van der Waals surface area contributed by atoms with E-state index in [1.165, 1.54) is 0 Å². The average molecular weight is 255 g/mol. The van der Waals surface area contributed by atoms with Gasteiger partial charge in [-0.1, -0.05) is 16.8 Å². The Morgan fingerprint density at radius 3 is 2.94 bits per heavy atom. The second-order valence-corrected chi connectivity index (χ2v) is 3.96. The average Bonchev–Trinajstić information content (AvgIpc) is 2.77. The third-order valence-electron chi connectivity index (χ3n) is 2.22. The summed E-state index contributed by atoms with van der Waals surface area (Å²) >= 11 is 5.95. The summed E-state index contributed by atoms with van der Waals surface area (Å²) in [6, 6.07) is 2.65. The molecule has 3 N–H and O–H groups in total. The number of pyridine rings is 1. The molecule has 90 valence electrons. The number of rotatable bonds is 3. The molecule has 0 saturated carbocycles. The molecule has 2 rings (SSSR count). The number of aliphatic hydroxyl groups excluding tert-OH is 1. The maximum atomic E-state index is 9.31. The van der Waals surface area contributed by atoms with E-state index in [0.29, 0.717) is 10.7 Å². The molecule has 0 saturated heterocycles. The number of aliphatic hydroxyl groups is 1. The molecule has 2 heterocycles. The lowest BCUT2D eigenvalue weighted by Gasteiger charge is -2.08. The first-order valence-electron chi connectivity index (χ1n) is 4.97. The molecule has 0 radical (unpaired) electrons. The van der Waals surface area contributed by atoms with Gasteiger partial charge in [0, 0.05) is 6.20 Å². The van der Waals surface area contributed by atoms with Crippen LogP contribution in [0, 0.1) is 0 Å². The summed E-state index contributed by atoms with van der Waals surface area (Å²) in [5.74, 6) is 0.401. The Morgan fingerprint density at radius 2 is 2.29 bits per heavy atom. The van der Waals surface area contributed by atoms with Gasteiger partial charge in [0.15, 0.2) is 0 Å². The fourth-order valence-electron chi connectivity index (χ4n) is 1.22. The van der Waals surface area contributed by atoms with E-state index in [-0.39, 0.29) is 11.7 Å². The number of nitrogens with zero attached hydrogens (tertiary/aromatic N) is 3. The van der Waals surface area contributed by atoms with Crippen LogP contribution in [0.1, 0.15) is 18.9 Å². The molecular formula is C10H11ClN4O2. The Morgan fingerprint density at radius 1 is 1.53 bits per heavy atom. The van der Waals surface area contributed by atoms with Crippen LogP contribution in [0.15, 0.2) is 22.9 Å². The third-order valence-corrected chi connectivity index (χ3v) is 2.52. The minimum atomic E-state index is -0.775. The van der Waals surface area contributed by atoms with Crippen LogP contribution in [0.2, 0.25) is 5.02 Å². The van der Waals surface area contributed by atoms with E-state index < -0.39 is 12.1 Å². The first-order valence-corrected chi connectivity index (χ1v) is 5.35. The van der Waals surface area contributed by atoms with Crippen LogP contribution in [0.4, 0.5) is 0 Å². The Labute approximate surface area is 102 Å². The molecule has 0 aliphatic heterocycles. The van der Waals surface area contributed by atoms with E-state index in [1.807, 2.05) is 0 Å². The van der Waals surface area contributed by atoms with Crippen LogP contribution in [0.25, 0.3) is 11.5 Å². The van der Waals surface area contributed by atoms with Gasteiger partial charge in [-0.3, -0.25) is 4.98 Å². The lowest BCUT2D eigenvalue weighted by molar-refractivity contribution is 0.146. The second kappa shape index (κ2) is 4.79. The zero-order chi connectivity index (χ0) is 12.4. The van der Waals surface area contributed by atoms with E-state index in [9.17, 15) is 5.11 Å². The van der Waals surface area contributed by atoms with E-state index in [4.69, 9.17) is 21.9 Å². The van der Waals surface area contributed by atoms with Crippen LogP contribution in [0.3, 0.4) is 0 Å². The first kappa shape index (κ1) is 12.0. The lowest BCUT2D eigenvalue weighted by Crippen LogP contribution is -2.23. The highest BCUT2D eigenvalue weighted by Gasteiger charge is 2.21. The summed E-state index contributed by atoms with van der Waals surface area (Å²) in [7, 11) is 0. The molecule has 17 heavy (non-hydrogen) atoms. The van der Waals surface area contributed by atoms with Crippen LogP contribution in [0.5, 0.6) is 0 Å². The van der Waals surface area contributed by atoms with Gasteiger partial charge in [0.05, 0.1) is 11.1 Å². The lowest BCUT2D eigenvalue weighted by atomic mass is 10.2. The Balaban J connectivity index is 2.34. The highest BCUT2D eigenvalue weighted by atomic mass is 35.5. The third kappa shape index (κ3) is 2.44. The van der Waals surface area contributed by atoms with Crippen molar-refractivity contribution in [1.29, 1.82) is 0 Å². The molecule has 2 aromatic heterocycles. The predicted molar refractivity (Wildman–Crippen MR) is 61.1 cm³/mol. The van der Waals surface area contributed by atoms with Gasteiger partial charge in [-0.15, -0.1) is 0 Å². The fraction of sp³-hybridized carbons (Fsp3) is 0.300. The van der Waals surface area contributed by atoms with Crippen LogP contribution in [-0.4, -0.2) is 26.3 Å². The summed E-state index contributed by atoms with van der Waals surface area (Å²) < 4.78 is 4.95. The quantitative estimate of drug-likeness (QED) is 0.853. The maximum Gasteiger partial charge on any atom is 0.246 e. The molecular weight excluding hydrogens is 244 g/mol. The zero-order valence-corrected chi connectivity index (χ0v) is 9.80. The Bertz CT molecular complexity index is 515. The molecule has 0 bridgehead atoms. The number of aromatic nitrogens is 3. The molecule has 2 aromatic rings. The minimum Gasteiger partial charge on any atom is -0.391 e. The van der Waals surface area contributed by atoms with Gasteiger partial charge in [-0.05, 0) is 19.1 Å². The topological polar surface area (TPSA) is 98.1 Å². The summed E-state index contributed by atoms with van der Waals surface area (Å²) in [6.45, 7) is 1.54. The molecule has 0 unspecified atom stereocenters. The largest absolute Gasteiger partial charge is 0.391 e. The molecule has 6 nitrogen and oxygen atoms in total. The van der Waals surface area contributed by atoms with Gasteiger partial charge in [-0.25, -0.2) is 0 Å². The summed E-state index contributed by atoms with van der Waals surface area (Å²) in [5.41, 5.74) is 6.09. The van der Waals surface area contributed by atoms with Crippen molar-refractivity contribution in [3.05, 3.63) is 29.2 Å². The predicted octanol–water partition coefficient (Wildman–Crippen LogP) is 1.17. The van der Waals surface area contributed by atoms with Gasteiger partial charge in [0.25, 0.3) is 0 Å². The molecule has 0 amide bonds. The van der Waals surface area contributed by atoms with Gasteiger partial charge in [0.2, 0.25) is 11.7 Å². The number of halogens is 1. The van der Waals surface area contributed by atoms with Gasteiger partial charge in [0.1, 0.15) is 11.7 Å².